The predicted molar refractivity (Wildman–Crippen MR) is 84.2 cm³/mol. The van der Waals surface area contributed by atoms with Gasteiger partial charge in [-0.3, -0.25) is 0 Å². The van der Waals surface area contributed by atoms with E-state index in [1.54, 1.807) is 0 Å². The lowest BCUT2D eigenvalue weighted by molar-refractivity contribution is 0.204. The monoisotopic (exact) mass is 292 g/mol. The van der Waals surface area contributed by atoms with Crippen LogP contribution in [0.25, 0.3) is 11.0 Å². The molecule has 0 spiro atoms. The van der Waals surface area contributed by atoms with Crippen LogP contribution in [0, 0.1) is 0 Å². The number of hydrogen-bond donors (Lipinski definition) is 1. The summed E-state index contributed by atoms with van der Waals surface area (Å²) >= 11 is 6.10. The van der Waals surface area contributed by atoms with E-state index in [0.717, 1.165) is 22.6 Å². The van der Waals surface area contributed by atoms with Gasteiger partial charge in [0.1, 0.15) is 0 Å². The second-order valence-electron chi connectivity index (χ2n) is 5.68. The zero-order valence-electron chi connectivity index (χ0n) is 11.8. The van der Waals surface area contributed by atoms with Gasteiger partial charge in [0.05, 0.1) is 11.0 Å². The number of fused-ring (bicyclic) bond motifs is 1. The molecule has 20 heavy (non-hydrogen) atoms. The Bertz CT molecular complexity index is 601. The van der Waals surface area contributed by atoms with Gasteiger partial charge in [-0.1, -0.05) is 18.0 Å². The van der Waals surface area contributed by atoms with Gasteiger partial charge in [-0.25, -0.2) is 4.98 Å². The Morgan fingerprint density at radius 1 is 1.30 bits per heavy atom. The fourth-order valence-corrected chi connectivity index (χ4v) is 3.31. The topological polar surface area (TPSA) is 47.1 Å². The van der Waals surface area contributed by atoms with Crippen molar-refractivity contribution < 1.29 is 0 Å². The van der Waals surface area contributed by atoms with Crippen LogP contribution >= 0.6 is 11.6 Å². The van der Waals surface area contributed by atoms with Crippen molar-refractivity contribution in [3.8, 4) is 0 Å². The highest BCUT2D eigenvalue weighted by Gasteiger charge is 2.18. The first-order chi connectivity index (χ1) is 9.65. The second-order valence-corrected chi connectivity index (χ2v) is 6.12. The summed E-state index contributed by atoms with van der Waals surface area (Å²) < 4.78 is 2.11. The van der Waals surface area contributed by atoms with E-state index in [0.29, 0.717) is 12.0 Å². The number of anilines is 1. The van der Waals surface area contributed by atoms with Crippen molar-refractivity contribution >= 4 is 28.6 Å². The van der Waals surface area contributed by atoms with Gasteiger partial charge >= 0.3 is 0 Å². The lowest BCUT2D eigenvalue weighted by Crippen LogP contribution is -2.34. The lowest BCUT2D eigenvalue weighted by Gasteiger charge is -2.30. The zero-order valence-corrected chi connectivity index (χ0v) is 12.6. The molecule has 0 amide bonds. The summed E-state index contributed by atoms with van der Waals surface area (Å²) in [5, 5.41) is 0.726. The standard InChI is InChI=1S/C15H21ClN4/c1-11(10-19-7-3-2-4-8-19)20-14-9-12(16)5-6-13(14)18-15(20)17/h5-6,9,11H,2-4,7-8,10H2,1H3,(H2,17,18). The van der Waals surface area contributed by atoms with Crippen molar-refractivity contribution in [2.24, 2.45) is 0 Å². The maximum atomic E-state index is 6.10. The van der Waals surface area contributed by atoms with Gasteiger partial charge in [0.2, 0.25) is 5.95 Å². The largest absolute Gasteiger partial charge is 0.369 e. The summed E-state index contributed by atoms with van der Waals surface area (Å²) in [6, 6.07) is 6.04. The molecule has 0 radical (unpaired) electrons. The van der Waals surface area contributed by atoms with Crippen LogP contribution in [0.3, 0.4) is 0 Å². The molecule has 5 heteroatoms. The van der Waals surface area contributed by atoms with Crippen molar-refractivity contribution in [2.45, 2.75) is 32.2 Å². The van der Waals surface area contributed by atoms with Gasteiger partial charge in [-0.15, -0.1) is 0 Å². The molecule has 0 aliphatic carbocycles. The first kappa shape index (κ1) is 13.7. The van der Waals surface area contributed by atoms with Crippen molar-refractivity contribution in [3.05, 3.63) is 23.2 Å². The highest BCUT2D eigenvalue weighted by Crippen LogP contribution is 2.26. The molecule has 0 saturated carbocycles. The number of benzene rings is 1. The molecular formula is C15H21ClN4. The number of halogens is 1. The SMILES string of the molecule is CC(CN1CCCCC1)n1c(N)nc2ccc(Cl)cc21. The fraction of sp³-hybridized carbons (Fsp3) is 0.533. The van der Waals surface area contributed by atoms with Crippen LogP contribution in [0.2, 0.25) is 5.02 Å². The van der Waals surface area contributed by atoms with Crippen molar-refractivity contribution in [3.63, 3.8) is 0 Å². The smallest absolute Gasteiger partial charge is 0.201 e. The van der Waals surface area contributed by atoms with Crippen LogP contribution in [0.4, 0.5) is 5.95 Å². The maximum Gasteiger partial charge on any atom is 0.201 e. The number of nitrogens with two attached hydrogens (primary N) is 1. The molecule has 1 aromatic carbocycles. The summed E-state index contributed by atoms with van der Waals surface area (Å²) in [6.45, 7) is 5.60. The number of hydrogen-bond acceptors (Lipinski definition) is 3. The van der Waals surface area contributed by atoms with E-state index in [-0.39, 0.29) is 0 Å². The number of imidazole rings is 1. The Labute approximate surface area is 124 Å². The molecule has 1 aliphatic heterocycles. The summed E-state index contributed by atoms with van der Waals surface area (Å²) in [7, 11) is 0. The molecule has 1 aromatic heterocycles. The summed E-state index contributed by atoms with van der Waals surface area (Å²) in [5.41, 5.74) is 8.04. The normalized spacial score (nSPS) is 18.5. The molecule has 1 aliphatic rings. The van der Waals surface area contributed by atoms with Gasteiger partial charge < -0.3 is 15.2 Å². The molecule has 1 fully saturated rings. The summed E-state index contributed by atoms with van der Waals surface area (Å²) in [4.78, 5) is 6.95. The van der Waals surface area contributed by atoms with Gasteiger partial charge in [0, 0.05) is 17.6 Å². The molecule has 2 heterocycles. The van der Waals surface area contributed by atoms with E-state index < -0.39 is 0 Å². The quantitative estimate of drug-likeness (QED) is 0.944. The number of nitrogen functional groups attached to an aromatic ring is 1. The van der Waals surface area contributed by atoms with E-state index >= 15 is 0 Å². The molecule has 1 saturated heterocycles. The van der Waals surface area contributed by atoms with Crippen LogP contribution < -0.4 is 5.73 Å². The van der Waals surface area contributed by atoms with E-state index in [9.17, 15) is 0 Å². The summed E-state index contributed by atoms with van der Waals surface area (Å²) in [5.74, 6) is 0.576. The van der Waals surface area contributed by atoms with Crippen LogP contribution in [0.5, 0.6) is 0 Å². The third-order valence-corrected chi connectivity index (χ3v) is 4.33. The number of piperidine rings is 1. The van der Waals surface area contributed by atoms with Crippen LogP contribution in [0.1, 0.15) is 32.2 Å². The highest BCUT2D eigenvalue weighted by molar-refractivity contribution is 6.31. The van der Waals surface area contributed by atoms with Crippen molar-refractivity contribution in [1.82, 2.24) is 14.5 Å². The minimum atomic E-state index is 0.302. The second kappa shape index (κ2) is 5.62. The van der Waals surface area contributed by atoms with E-state index in [1.807, 2.05) is 18.2 Å². The maximum absolute atomic E-state index is 6.10. The Morgan fingerprint density at radius 2 is 2.05 bits per heavy atom. The average molecular weight is 293 g/mol. The molecular weight excluding hydrogens is 272 g/mol. The zero-order chi connectivity index (χ0) is 14.1. The average Bonchev–Trinajstić information content (AvgIpc) is 2.75. The Hall–Kier alpha value is -1.26. The third-order valence-electron chi connectivity index (χ3n) is 4.09. The predicted octanol–water partition coefficient (Wildman–Crippen LogP) is 3.32. The Balaban J connectivity index is 1.88. The lowest BCUT2D eigenvalue weighted by atomic mass is 10.1. The van der Waals surface area contributed by atoms with Gasteiger partial charge in [0.25, 0.3) is 0 Å². The molecule has 108 valence electrons. The van der Waals surface area contributed by atoms with Crippen LogP contribution in [-0.2, 0) is 0 Å². The third kappa shape index (κ3) is 2.63. The Morgan fingerprint density at radius 3 is 2.80 bits per heavy atom. The number of likely N-dealkylation sites (tertiary alicyclic amines) is 1. The molecule has 1 unspecified atom stereocenters. The van der Waals surface area contributed by atoms with Crippen molar-refractivity contribution in [1.29, 1.82) is 0 Å². The number of nitrogens with zero attached hydrogens (tertiary/aromatic N) is 3. The molecule has 2 aromatic rings. The van der Waals surface area contributed by atoms with Crippen LogP contribution in [0.15, 0.2) is 18.2 Å². The van der Waals surface area contributed by atoms with Gasteiger partial charge in [-0.05, 0) is 51.1 Å². The molecule has 3 rings (SSSR count). The minimum Gasteiger partial charge on any atom is -0.369 e. The van der Waals surface area contributed by atoms with Gasteiger partial charge in [0.15, 0.2) is 0 Å². The van der Waals surface area contributed by atoms with E-state index in [1.165, 1.54) is 32.4 Å². The number of aromatic nitrogens is 2. The number of rotatable bonds is 3. The highest BCUT2D eigenvalue weighted by atomic mass is 35.5. The molecule has 2 N–H and O–H groups in total. The summed E-state index contributed by atoms with van der Waals surface area (Å²) in [6.07, 6.45) is 3.97. The van der Waals surface area contributed by atoms with Crippen LogP contribution in [-0.4, -0.2) is 34.1 Å². The fourth-order valence-electron chi connectivity index (χ4n) is 3.15. The molecule has 4 nitrogen and oxygen atoms in total. The molecule has 0 bridgehead atoms. The first-order valence-corrected chi connectivity index (χ1v) is 7.68. The van der Waals surface area contributed by atoms with Gasteiger partial charge in [-0.2, -0.15) is 0 Å². The van der Waals surface area contributed by atoms with E-state index in [4.69, 9.17) is 17.3 Å². The molecule has 1 atom stereocenters. The minimum absolute atomic E-state index is 0.302. The van der Waals surface area contributed by atoms with Crippen molar-refractivity contribution in [2.75, 3.05) is 25.4 Å². The Kier molecular flexibility index (Phi) is 3.85. The van der Waals surface area contributed by atoms with E-state index in [2.05, 4.69) is 21.4 Å². The first-order valence-electron chi connectivity index (χ1n) is 7.30.